The van der Waals surface area contributed by atoms with E-state index in [0.29, 0.717) is 6.42 Å². The number of hydrogen-bond donors (Lipinski definition) is 3. The first kappa shape index (κ1) is 17.3. The molecule has 6 heteroatoms. The summed E-state index contributed by atoms with van der Waals surface area (Å²) in [5, 5.41) is 11.5. The smallest absolute Gasteiger partial charge is 0.247 e. The highest BCUT2D eigenvalue weighted by Gasteiger charge is 2.34. The molecule has 1 aliphatic rings. The molecule has 1 aromatic rings. The van der Waals surface area contributed by atoms with E-state index in [-0.39, 0.29) is 23.8 Å². The molecule has 126 valence electrons. The molecule has 0 saturated carbocycles. The van der Waals surface area contributed by atoms with Crippen molar-refractivity contribution < 1.29 is 14.8 Å². The number of carbonyl (C=O) groups excluding carboxylic acids is 2. The van der Waals surface area contributed by atoms with Gasteiger partial charge in [0.25, 0.3) is 0 Å². The number of rotatable bonds is 7. The summed E-state index contributed by atoms with van der Waals surface area (Å²) >= 11 is 0. The van der Waals surface area contributed by atoms with E-state index < -0.39 is 0 Å². The summed E-state index contributed by atoms with van der Waals surface area (Å²) < 4.78 is 0. The Kier molecular flexibility index (Phi) is 5.98. The molecule has 6 nitrogen and oxygen atoms in total. The summed E-state index contributed by atoms with van der Waals surface area (Å²) in [6.45, 7) is 4.88. The lowest BCUT2D eigenvalue weighted by Gasteiger charge is -2.40. The van der Waals surface area contributed by atoms with Crippen molar-refractivity contribution in [1.82, 2.24) is 5.48 Å². The van der Waals surface area contributed by atoms with Gasteiger partial charge in [-0.2, -0.15) is 0 Å². The highest BCUT2D eigenvalue weighted by atomic mass is 16.5. The largest absolute Gasteiger partial charge is 0.358 e. The molecule has 1 aliphatic heterocycles. The summed E-state index contributed by atoms with van der Waals surface area (Å²) in [5.41, 5.74) is 3.55. The Morgan fingerprint density at radius 2 is 2.04 bits per heavy atom. The fourth-order valence-corrected chi connectivity index (χ4v) is 3.05. The Bertz CT molecular complexity index is 560. The predicted molar refractivity (Wildman–Crippen MR) is 89.4 cm³/mol. The minimum Gasteiger partial charge on any atom is -0.358 e. The Morgan fingerprint density at radius 1 is 1.30 bits per heavy atom. The number of anilines is 2. The van der Waals surface area contributed by atoms with Crippen LogP contribution >= 0.6 is 0 Å². The Hall–Kier alpha value is -2.08. The van der Waals surface area contributed by atoms with Crippen molar-refractivity contribution in [2.24, 2.45) is 5.92 Å². The van der Waals surface area contributed by atoms with E-state index >= 15 is 0 Å². The van der Waals surface area contributed by atoms with Gasteiger partial charge in [-0.15, -0.1) is 0 Å². The lowest BCUT2D eigenvalue weighted by Crippen LogP contribution is -2.51. The molecule has 0 radical (unpaired) electrons. The molecule has 2 amide bonds. The van der Waals surface area contributed by atoms with Gasteiger partial charge in [0.1, 0.15) is 6.04 Å². The van der Waals surface area contributed by atoms with Gasteiger partial charge < -0.3 is 10.2 Å². The number of nitrogens with one attached hydrogen (secondary N) is 2. The SMILES string of the molecule is CC(C)[C@H]1C(=O)Nc2ccccc2N1CCCCCC(=O)NO. The summed E-state index contributed by atoms with van der Waals surface area (Å²) in [7, 11) is 0. The van der Waals surface area contributed by atoms with Crippen LogP contribution in [0.2, 0.25) is 0 Å². The van der Waals surface area contributed by atoms with Gasteiger partial charge >= 0.3 is 0 Å². The zero-order valence-electron chi connectivity index (χ0n) is 13.7. The predicted octanol–water partition coefficient (Wildman–Crippen LogP) is 2.54. The van der Waals surface area contributed by atoms with E-state index in [4.69, 9.17) is 5.21 Å². The van der Waals surface area contributed by atoms with Crippen molar-refractivity contribution in [2.45, 2.75) is 45.6 Å². The van der Waals surface area contributed by atoms with Crippen molar-refractivity contribution in [3.8, 4) is 0 Å². The first-order valence-electron chi connectivity index (χ1n) is 8.14. The number of para-hydroxylation sites is 2. The second-order valence-electron chi connectivity index (χ2n) is 6.23. The van der Waals surface area contributed by atoms with Gasteiger partial charge in [0, 0.05) is 13.0 Å². The van der Waals surface area contributed by atoms with Crippen LogP contribution in [0.3, 0.4) is 0 Å². The second-order valence-corrected chi connectivity index (χ2v) is 6.23. The van der Waals surface area contributed by atoms with Crippen LogP contribution in [0.15, 0.2) is 24.3 Å². The summed E-state index contributed by atoms with van der Waals surface area (Å²) in [6, 6.07) is 7.67. The van der Waals surface area contributed by atoms with E-state index in [1.54, 1.807) is 5.48 Å². The topological polar surface area (TPSA) is 81.7 Å². The standard InChI is InChI=1S/C17H25N3O3/c1-12(2)16-17(22)18-13-8-5-6-9-14(13)20(16)11-7-3-4-10-15(21)19-23/h5-6,8-9,12,16,23H,3-4,7,10-11H2,1-2H3,(H,18,22)(H,19,21)/t16-/m0/s1. The average Bonchev–Trinajstić information content (AvgIpc) is 2.53. The number of fused-ring (bicyclic) bond motifs is 1. The Labute approximate surface area is 136 Å². The van der Waals surface area contributed by atoms with Crippen LogP contribution in [0.1, 0.15) is 39.5 Å². The molecule has 0 bridgehead atoms. The zero-order chi connectivity index (χ0) is 16.8. The van der Waals surface area contributed by atoms with Crippen molar-refractivity contribution >= 4 is 23.2 Å². The van der Waals surface area contributed by atoms with E-state index in [0.717, 1.165) is 37.2 Å². The highest BCUT2D eigenvalue weighted by molar-refractivity contribution is 6.03. The van der Waals surface area contributed by atoms with Gasteiger partial charge in [-0.05, 0) is 30.9 Å². The van der Waals surface area contributed by atoms with Gasteiger partial charge in [0.2, 0.25) is 11.8 Å². The van der Waals surface area contributed by atoms with Crippen LogP contribution in [0.5, 0.6) is 0 Å². The Morgan fingerprint density at radius 3 is 2.74 bits per heavy atom. The lowest BCUT2D eigenvalue weighted by atomic mass is 9.97. The first-order chi connectivity index (χ1) is 11.0. The number of amides is 2. The van der Waals surface area contributed by atoms with Crippen LogP contribution in [0.25, 0.3) is 0 Å². The lowest BCUT2D eigenvalue weighted by molar-refractivity contribution is -0.129. The molecular formula is C17H25N3O3. The van der Waals surface area contributed by atoms with Crippen LogP contribution in [0, 0.1) is 5.92 Å². The minimum atomic E-state index is -0.354. The summed E-state index contributed by atoms with van der Waals surface area (Å²) in [4.78, 5) is 25.6. The number of hydrogen-bond acceptors (Lipinski definition) is 4. The summed E-state index contributed by atoms with van der Waals surface area (Å²) in [6.07, 6.45) is 2.81. The Balaban J connectivity index is 2.01. The van der Waals surface area contributed by atoms with E-state index in [9.17, 15) is 9.59 Å². The quantitative estimate of drug-likeness (QED) is 0.410. The number of carbonyl (C=O) groups is 2. The van der Waals surface area contributed by atoms with Crippen molar-refractivity contribution in [1.29, 1.82) is 0 Å². The molecule has 1 aromatic carbocycles. The monoisotopic (exact) mass is 319 g/mol. The normalized spacial score (nSPS) is 17.0. The maximum Gasteiger partial charge on any atom is 0.247 e. The molecule has 23 heavy (non-hydrogen) atoms. The number of hydroxylamine groups is 1. The molecule has 3 N–H and O–H groups in total. The molecule has 0 aromatic heterocycles. The molecule has 0 unspecified atom stereocenters. The molecule has 2 rings (SSSR count). The average molecular weight is 319 g/mol. The molecule has 1 atom stereocenters. The van der Waals surface area contributed by atoms with Gasteiger partial charge in [0.05, 0.1) is 11.4 Å². The van der Waals surface area contributed by atoms with Gasteiger partial charge in [-0.3, -0.25) is 14.8 Å². The third-order valence-electron chi connectivity index (χ3n) is 4.13. The van der Waals surface area contributed by atoms with Gasteiger partial charge in [-0.1, -0.05) is 32.4 Å². The van der Waals surface area contributed by atoms with Gasteiger partial charge in [-0.25, -0.2) is 5.48 Å². The number of unbranched alkanes of at least 4 members (excludes halogenated alkanes) is 2. The zero-order valence-corrected chi connectivity index (χ0v) is 13.7. The first-order valence-corrected chi connectivity index (χ1v) is 8.14. The van der Waals surface area contributed by atoms with E-state index in [1.807, 2.05) is 24.3 Å². The molecular weight excluding hydrogens is 294 g/mol. The molecule has 0 fully saturated rings. The van der Waals surface area contributed by atoms with Crippen LogP contribution in [-0.4, -0.2) is 29.6 Å². The second kappa shape index (κ2) is 7.97. The summed E-state index contributed by atoms with van der Waals surface area (Å²) in [5.74, 6) is -0.102. The minimum absolute atomic E-state index is 0.0401. The van der Waals surface area contributed by atoms with Crippen molar-refractivity contribution in [3.05, 3.63) is 24.3 Å². The van der Waals surface area contributed by atoms with E-state index in [1.165, 1.54) is 0 Å². The molecule has 1 heterocycles. The molecule has 0 saturated heterocycles. The van der Waals surface area contributed by atoms with Crippen molar-refractivity contribution in [3.63, 3.8) is 0 Å². The van der Waals surface area contributed by atoms with Crippen LogP contribution < -0.4 is 15.7 Å². The highest BCUT2D eigenvalue weighted by Crippen LogP contribution is 2.34. The molecule has 0 spiro atoms. The van der Waals surface area contributed by atoms with Crippen LogP contribution in [-0.2, 0) is 9.59 Å². The third kappa shape index (κ3) is 4.22. The molecule has 0 aliphatic carbocycles. The van der Waals surface area contributed by atoms with Gasteiger partial charge in [0.15, 0.2) is 0 Å². The van der Waals surface area contributed by atoms with Crippen LogP contribution in [0.4, 0.5) is 11.4 Å². The fraction of sp³-hybridized carbons (Fsp3) is 0.529. The maximum atomic E-state index is 12.4. The number of benzene rings is 1. The maximum absolute atomic E-state index is 12.4. The van der Waals surface area contributed by atoms with E-state index in [2.05, 4.69) is 24.1 Å². The fourth-order valence-electron chi connectivity index (χ4n) is 3.05. The van der Waals surface area contributed by atoms with Crippen molar-refractivity contribution in [2.75, 3.05) is 16.8 Å². The third-order valence-corrected chi connectivity index (χ3v) is 4.13. The number of nitrogens with zero attached hydrogens (tertiary/aromatic N) is 1.